The van der Waals surface area contributed by atoms with Crippen LogP contribution in [0.5, 0.6) is 0 Å². The second-order valence-corrected chi connectivity index (χ2v) is 3.71. The first-order valence-electron chi connectivity index (χ1n) is 5.74. The molecule has 0 aliphatic heterocycles. The number of rotatable bonds is 8. The van der Waals surface area contributed by atoms with Gasteiger partial charge in [0, 0.05) is 6.08 Å². The maximum Gasteiger partial charge on any atom is 0.297 e. The van der Waals surface area contributed by atoms with Gasteiger partial charge in [-0.2, -0.15) is 0 Å². The van der Waals surface area contributed by atoms with Crippen LogP contribution in [0.25, 0.3) is 0 Å². The smallest absolute Gasteiger partial charge is 0.297 e. The van der Waals surface area contributed by atoms with E-state index in [9.17, 15) is 0 Å². The van der Waals surface area contributed by atoms with Crippen LogP contribution in [0.4, 0.5) is 0 Å². The van der Waals surface area contributed by atoms with E-state index in [0.717, 1.165) is 12.5 Å². The minimum absolute atomic E-state index is 0.887. The van der Waals surface area contributed by atoms with Gasteiger partial charge in [0.1, 0.15) is 0 Å². The number of allylic oxidation sites excluding steroid dienone is 5. The van der Waals surface area contributed by atoms with Crippen molar-refractivity contribution in [3.63, 3.8) is 0 Å². The Morgan fingerprint density at radius 2 is 1.56 bits per heavy atom. The number of aliphatic hydroxyl groups is 3. The number of unbranched alkanes of at least 4 members (excludes halogenated alkanes) is 4. The molecule has 0 spiro atoms. The molecule has 3 heteroatoms. The van der Waals surface area contributed by atoms with E-state index < -0.39 is 5.97 Å². The van der Waals surface area contributed by atoms with Gasteiger partial charge in [-0.15, -0.1) is 0 Å². The van der Waals surface area contributed by atoms with Crippen LogP contribution >= 0.6 is 0 Å². The third kappa shape index (κ3) is 13.1. The molecule has 0 rings (SSSR count). The van der Waals surface area contributed by atoms with E-state index in [1.165, 1.54) is 31.8 Å². The molecule has 0 aromatic heterocycles. The van der Waals surface area contributed by atoms with Crippen LogP contribution in [0.1, 0.15) is 39.0 Å². The van der Waals surface area contributed by atoms with Crippen molar-refractivity contribution < 1.29 is 15.3 Å². The zero-order valence-electron chi connectivity index (χ0n) is 9.84. The third-order valence-corrected chi connectivity index (χ3v) is 2.01. The summed E-state index contributed by atoms with van der Waals surface area (Å²) >= 11 is 0. The lowest BCUT2D eigenvalue weighted by Crippen LogP contribution is -2.22. The zero-order chi connectivity index (χ0) is 12.3. The standard InChI is InChI=1S/C13H22O3/c1-2-3-4-5-6-7-8-9-10-11-12-13(14,15)16/h7-12,14-16H,2-6H2,1H3. The van der Waals surface area contributed by atoms with Crippen LogP contribution < -0.4 is 0 Å². The number of hydrogen-bond donors (Lipinski definition) is 3. The third-order valence-electron chi connectivity index (χ3n) is 2.01. The molecule has 0 radical (unpaired) electrons. The zero-order valence-corrected chi connectivity index (χ0v) is 9.84. The van der Waals surface area contributed by atoms with Crippen LogP contribution in [-0.4, -0.2) is 21.3 Å². The van der Waals surface area contributed by atoms with Gasteiger partial charge in [0.25, 0.3) is 5.97 Å². The molecule has 3 nitrogen and oxygen atoms in total. The van der Waals surface area contributed by atoms with Crippen molar-refractivity contribution >= 4 is 0 Å². The second-order valence-electron chi connectivity index (χ2n) is 3.71. The second kappa shape index (κ2) is 9.33. The maximum absolute atomic E-state index is 8.51. The van der Waals surface area contributed by atoms with Crippen molar-refractivity contribution in [1.82, 2.24) is 0 Å². The SMILES string of the molecule is CCCCCCC=CC=CC=CC(O)(O)O. The summed E-state index contributed by atoms with van der Waals surface area (Å²) in [4.78, 5) is 0. The largest absolute Gasteiger partial charge is 0.340 e. The van der Waals surface area contributed by atoms with Gasteiger partial charge >= 0.3 is 0 Å². The normalized spacial score (nSPS) is 13.5. The number of hydrogen-bond acceptors (Lipinski definition) is 3. The highest BCUT2D eigenvalue weighted by molar-refractivity contribution is 5.11. The predicted octanol–water partition coefficient (Wildman–Crippen LogP) is 2.26. The van der Waals surface area contributed by atoms with E-state index in [1.54, 1.807) is 12.2 Å². The molecule has 0 fully saturated rings. The van der Waals surface area contributed by atoms with Gasteiger partial charge < -0.3 is 15.3 Å². The fourth-order valence-electron chi connectivity index (χ4n) is 1.18. The summed E-state index contributed by atoms with van der Waals surface area (Å²) in [5.74, 6) is -2.71. The highest BCUT2D eigenvalue weighted by Gasteiger charge is 2.10. The molecular formula is C13H22O3. The fourth-order valence-corrected chi connectivity index (χ4v) is 1.18. The van der Waals surface area contributed by atoms with Crippen LogP contribution in [0.3, 0.4) is 0 Å². The summed E-state index contributed by atoms with van der Waals surface area (Å²) in [6.07, 6.45) is 15.7. The van der Waals surface area contributed by atoms with E-state index in [4.69, 9.17) is 15.3 Å². The molecule has 0 aliphatic rings. The first kappa shape index (κ1) is 15.1. The summed E-state index contributed by atoms with van der Waals surface area (Å²) in [7, 11) is 0. The van der Waals surface area contributed by atoms with Crippen molar-refractivity contribution in [2.75, 3.05) is 0 Å². The van der Waals surface area contributed by atoms with Gasteiger partial charge in [-0.25, -0.2) is 0 Å². The van der Waals surface area contributed by atoms with Crippen molar-refractivity contribution in [2.45, 2.75) is 45.0 Å². The highest BCUT2D eigenvalue weighted by Crippen LogP contribution is 2.02. The molecule has 16 heavy (non-hydrogen) atoms. The lowest BCUT2D eigenvalue weighted by Gasteiger charge is -2.05. The van der Waals surface area contributed by atoms with Gasteiger partial charge in [-0.3, -0.25) is 0 Å². The monoisotopic (exact) mass is 226 g/mol. The molecule has 0 aliphatic carbocycles. The van der Waals surface area contributed by atoms with Gasteiger partial charge in [-0.1, -0.05) is 56.6 Å². The first-order valence-corrected chi connectivity index (χ1v) is 5.74. The molecule has 92 valence electrons. The molecule has 0 bridgehead atoms. The van der Waals surface area contributed by atoms with E-state index in [-0.39, 0.29) is 0 Å². The fraction of sp³-hybridized carbons (Fsp3) is 0.538. The molecule has 0 saturated carbocycles. The van der Waals surface area contributed by atoms with E-state index in [0.29, 0.717) is 0 Å². The Morgan fingerprint density at radius 3 is 2.19 bits per heavy atom. The van der Waals surface area contributed by atoms with Crippen LogP contribution in [0.2, 0.25) is 0 Å². The molecule has 3 N–H and O–H groups in total. The Hall–Kier alpha value is -0.900. The van der Waals surface area contributed by atoms with Crippen molar-refractivity contribution in [3.8, 4) is 0 Å². The molecule has 0 unspecified atom stereocenters. The Balaban J connectivity index is 3.52. The predicted molar refractivity (Wildman–Crippen MR) is 65.6 cm³/mol. The molecule has 0 aromatic carbocycles. The van der Waals surface area contributed by atoms with Crippen molar-refractivity contribution in [3.05, 3.63) is 36.5 Å². The quantitative estimate of drug-likeness (QED) is 0.338. The molecule has 0 saturated heterocycles. The first-order chi connectivity index (χ1) is 7.56. The minimum Gasteiger partial charge on any atom is -0.340 e. The Labute approximate surface area is 97.4 Å². The topological polar surface area (TPSA) is 60.7 Å². The maximum atomic E-state index is 8.51. The van der Waals surface area contributed by atoms with Gasteiger partial charge in [0.15, 0.2) is 0 Å². The molecule has 0 atom stereocenters. The Bertz CT molecular complexity index is 234. The van der Waals surface area contributed by atoms with Crippen molar-refractivity contribution in [2.24, 2.45) is 0 Å². The van der Waals surface area contributed by atoms with E-state index in [1.807, 2.05) is 6.08 Å². The average molecular weight is 226 g/mol. The summed E-state index contributed by atoms with van der Waals surface area (Å²) in [6, 6.07) is 0. The van der Waals surface area contributed by atoms with Gasteiger partial charge in [-0.05, 0) is 12.8 Å². The lowest BCUT2D eigenvalue weighted by atomic mass is 10.1. The summed E-state index contributed by atoms with van der Waals surface area (Å²) < 4.78 is 0. The van der Waals surface area contributed by atoms with Crippen molar-refractivity contribution in [1.29, 1.82) is 0 Å². The van der Waals surface area contributed by atoms with Crippen LogP contribution in [0, 0.1) is 0 Å². The molecular weight excluding hydrogens is 204 g/mol. The van der Waals surface area contributed by atoms with Crippen LogP contribution in [0.15, 0.2) is 36.5 Å². The Morgan fingerprint density at radius 1 is 0.875 bits per heavy atom. The van der Waals surface area contributed by atoms with E-state index in [2.05, 4.69) is 13.0 Å². The summed E-state index contributed by atoms with van der Waals surface area (Å²) in [5, 5.41) is 25.5. The highest BCUT2D eigenvalue weighted by atomic mass is 16.7. The lowest BCUT2D eigenvalue weighted by molar-refractivity contribution is -0.273. The summed E-state index contributed by atoms with van der Waals surface area (Å²) in [6.45, 7) is 2.19. The van der Waals surface area contributed by atoms with E-state index >= 15 is 0 Å². The molecule has 0 heterocycles. The molecule has 0 amide bonds. The molecule has 0 aromatic rings. The minimum atomic E-state index is -2.71. The van der Waals surface area contributed by atoms with Gasteiger partial charge in [0.05, 0.1) is 0 Å². The Kier molecular flexibility index (Phi) is 8.81. The average Bonchev–Trinajstić information content (AvgIpc) is 2.19. The van der Waals surface area contributed by atoms with Crippen LogP contribution in [-0.2, 0) is 0 Å². The summed E-state index contributed by atoms with van der Waals surface area (Å²) in [5.41, 5.74) is 0. The van der Waals surface area contributed by atoms with Gasteiger partial charge in [0.2, 0.25) is 0 Å².